The molecule has 0 fully saturated rings. The van der Waals surface area contributed by atoms with Crippen molar-refractivity contribution in [1.82, 2.24) is 0 Å². The Labute approximate surface area is 128 Å². The van der Waals surface area contributed by atoms with E-state index >= 15 is 0 Å². The molecule has 0 spiro atoms. The fraction of sp³-hybridized carbons (Fsp3) is 0.500. The van der Waals surface area contributed by atoms with E-state index in [0.29, 0.717) is 30.1 Å². The molecule has 2 N–H and O–H groups in total. The van der Waals surface area contributed by atoms with E-state index in [0.717, 1.165) is 5.56 Å². The molecule has 1 atom stereocenters. The number of hydrogen-bond donors (Lipinski definition) is 1. The highest BCUT2D eigenvalue weighted by atomic mass is 32.2. The van der Waals surface area contributed by atoms with E-state index in [1.54, 1.807) is 31.7 Å². The highest BCUT2D eigenvalue weighted by molar-refractivity contribution is 7.98. The highest BCUT2D eigenvalue weighted by Gasteiger charge is 2.15. The summed E-state index contributed by atoms with van der Waals surface area (Å²) in [6, 6.07) is 4.45. The van der Waals surface area contributed by atoms with Crippen molar-refractivity contribution in [2.24, 2.45) is 5.73 Å². The number of esters is 1. The van der Waals surface area contributed by atoms with Crippen LogP contribution in [0.5, 0.6) is 0 Å². The summed E-state index contributed by atoms with van der Waals surface area (Å²) < 4.78 is 4.83. The molecule has 0 aliphatic rings. The first-order valence-corrected chi connectivity index (χ1v) is 7.85. The van der Waals surface area contributed by atoms with E-state index < -0.39 is 6.04 Å². The van der Waals surface area contributed by atoms with Crippen molar-refractivity contribution >= 4 is 23.4 Å². The molecule has 6 nitrogen and oxygen atoms in total. The SMILES string of the molecule is CCOC(=O)C(N)CCSCc1cccc([N+](=O)[O-])c1C. The minimum absolute atomic E-state index is 0.135. The fourth-order valence-electron chi connectivity index (χ4n) is 1.78. The number of benzene rings is 1. The molecule has 7 heteroatoms. The van der Waals surface area contributed by atoms with E-state index in [1.807, 2.05) is 6.07 Å². The van der Waals surface area contributed by atoms with Crippen molar-refractivity contribution in [3.63, 3.8) is 0 Å². The summed E-state index contributed by atoms with van der Waals surface area (Å²) in [6.45, 7) is 3.81. The number of carbonyl (C=O) groups is 1. The zero-order valence-electron chi connectivity index (χ0n) is 12.2. The third-order valence-corrected chi connectivity index (χ3v) is 4.07. The lowest BCUT2D eigenvalue weighted by atomic mass is 10.1. The molecule has 0 aliphatic heterocycles. The third kappa shape index (κ3) is 5.35. The summed E-state index contributed by atoms with van der Waals surface area (Å²) in [5.41, 5.74) is 7.45. The van der Waals surface area contributed by atoms with E-state index in [2.05, 4.69) is 0 Å². The molecule has 0 bridgehead atoms. The molecule has 0 aromatic heterocycles. The average Bonchev–Trinajstić information content (AvgIpc) is 2.44. The number of nitrogens with two attached hydrogens (primary N) is 1. The standard InChI is InChI=1S/C14H20N2O4S/c1-3-20-14(17)12(15)7-8-21-9-11-5-4-6-13(10(11)2)16(18)19/h4-6,12H,3,7-9,15H2,1-2H3. The van der Waals surface area contributed by atoms with Gasteiger partial charge in [-0.25, -0.2) is 0 Å². The number of nitro groups is 1. The second-order valence-electron chi connectivity index (χ2n) is 4.52. The van der Waals surface area contributed by atoms with Crippen LogP contribution in [-0.4, -0.2) is 29.3 Å². The topological polar surface area (TPSA) is 95.5 Å². The molecule has 1 aromatic carbocycles. The van der Waals surface area contributed by atoms with Crippen molar-refractivity contribution in [2.75, 3.05) is 12.4 Å². The normalized spacial score (nSPS) is 12.0. The van der Waals surface area contributed by atoms with Crippen LogP contribution in [0.3, 0.4) is 0 Å². The first-order valence-electron chi connectivity index (χ1n) is 6.70. The Kier molecular flexibility index (Phi) is 7.18. The second-order valence-corrected chi connectivity index (χ2v) is 5.62. The van der Waals surface area contributed by atoms with Gasteiger partial charge in [-0.1, -0.05) is 12.1 Å². The number of ether oxygens (including phenoxy) is 1. The van der Waals surface area contributed by atoms with Gasteiger partial charge in [-0.3, -0.25) is 14.9 Å². The Bertz CT molecular complexity index is 508. The Balaban J connectivity index is 2.45. The molecule has 21 heavy (non-hydrogen) atoms. The molecule has 0 heterocycles. The molecule has 0 radical (unpaired) electrons. The van der Waals surface area contributed by atoms with Crippen LogP contribution in [0.25, 0.3) is 0 Å². The van der Waals surface area contributed by atoms with Crippen molar-refractivity contribution in [1.29, 1.82) is 0 Å². The molecular weight excluding hydrogens is 292 g/mol. The summed E-state index contributed by atoms with van der Waals surface area (Å²) in [4.78, 5) is 21.8. The molecule has 116 valence electrons. The second kappa shape index (κ2) is 8.63. The fourth-order valence-corrected chi connectivity index (χ4v) is 2.88. The van der Waals surface area contributed by atoms with E-state index in [1.165, 1.54) is 6.07 Å². The minimum Gasteiger partial charge on any atom is -0.465 e. The number of carbonyl (C=O) groups excluding carboxylic acids is 1. The summed E-state index contributed by atoms with van der Waals surface area (Å²) >= 11 is 1.59. The summed E-state index contributed by atoms with van der Waals surface area (Å²) in [5, 5.41) is 10.9. The molecule has 1 rings (SSSR count). The van der Waals surface area contributed by atoms with Gasteiger partial charge in [0.05, 0.1) is 11.5 Å². The van der Waals surface area contributed by atoms with Crippen LogP contribution >= 0.6 is 11.8 Å². The largest absolute Gasteiger partial charge is 0.465 e. The zero-order valence-corrected chi connectivity index (χ0v) is 13.0. The number of thioether (sulfide) groups is 1. The number of hydrogen-bond acceptors (Lipinski definition) is 6. The van der Waals surface area contributed by atoms with Crippen LogP contribution in [-0.2, 0) is 15.3 Å². The van der Waals surface area contributed by atoms with Crippen LogP contribution in [0.2, 0.25) is 0 Å². The van der Waals surface area contributed by atoms with E-state index in [-0.39, 0.29) is 16.6 Å². The zero-order chi connectivity index (χ0) is 15.8. The van der Waals surface area contributed by atoms with Crippen molar-refractivity contribution < 1.29 is 14.5 Å². The van der Waals surface area contributed by atoms with Gasteiger partial charge in [-0.15, -0.1) is 0 Å². The molecule has 0 aliphatic carbocycles. The predicted molar refractivity (Wildman–Crippen MR) is 83.2 cm³/mol. The molecule has 0 amide bonds. The van der Waals surface area contributed by atoms with E-state index in [4.69, 9.17) is 10.5 Å². The van der Waals surface area contributed by atoms with Crippen LogP contribution in [0.15, 0.2) is 18.2 Å². The lowest BCUT2D eigenvalue weighted by Gasteiger charge is -2.10. The summed E-state index contributed by atoms with van der Waals surface area (Å²) in [6.07, 6.45) is 0.525. The molecule has 0 saturated heterocycles. The van der Waals surface area contributed by atoms with Crippen molar-refractivity contribution in [3.05, 3.63) is 39.4 Å². The Morgan fingerprint density at radius 1 is 1.52 bits per heavy atom. The van der Waals surface area contributed by atoms with Gasteiger partial charge in [0.15, 0.2) is 0 Å². The first kappa shape index (κ1) is 17.5. The van der Waals surface area contributed by atoms with E-state index in [9.17, 15) is 14.9 Å². The number of nitrogens with zero attached hydrogens (tertiary/aromatic N) is 1. The summed E-state index contributed by atoms with van der Waals surface area (Å²) in [5.74, 6) is 0.968. The average molecular weight is 312 g/mol. The van der Waals surface area contributed by atoms with Gasteiger partial charge in [0, 0.05) is 17.4 Å². The molecule has 1 aromatic rings. The van der Waals surface area contributed by atoms with Gasteiger partial charge in [0.25, 0.3) is 5.69 Å². The lowest BCUT2D eigenvalue weighted by molar-refractivity contribution is -0.385. The molecular formula is C14H20N2O4S. The summed E-state index contributed by atoms with van der Waals surface area (Å²) in [7, 11) is 0. The molecule has 0 saturated carbocycles. The third-order valence-electron chi connectivity index (χ3n) is 3.03. The van der Waals surface area contributed by atoms with Gasteiger partial charge < -0.3 is 10.5 Å². The van der Waals surface area contributed by atoms with Crippen molar-refractivity contribution in [3.8, 4) is 0 Å². The van der Waals surface area contributed by atoms with Gasteiger partial charge in [0.2, 0.25) is 0 Å². The number of nitro benzene ring substituents is 1. The Morgan fingerprint density at radius 3 is 2.86 bits per heavy atom. The highest BCUT2D eigenvalue weighted by Crippen LogP contribution is 2.24. The molecule has 1 unspecified atom stereocenters. The van der Waals surface area contributed by atoms with Gasteiger partial charge >= 0.3 is 5.97 Å². The Morgan fingerprint density at radius 2 is 2.24 bits per heavy atom. The van der Waals surface area contributed by atoms with Crippen LogP contribution in [0.4, 0.5) is 5.69 Å². The van der Waals surface area contributed by atoms with Crippen LogP contribution in [0, 0.1) is 17.0 Å². The van der Waals surface area contributed by atoms with Gasteiger partial charge in [0.1, 0.15) is 6.04 Å². The quantitative estimate of drug-likeness (QED) is 0.343. The minimum atomic E-state index is -0.608. The maximum atomic E-state index is 11.3. The van der Waals surface area contributed by atoms with Crippen LogP contribution in [0.1, 0.15) is 24.5 Å². The lowest BCUT2D eigenvalue weighted by Crippen LogP contribution is -2.32. The van der Waals surface area contributed by atoms with Gasteiger partial charge in [-0.05, 0) is 31.6 Å². The van der Waals surface area contributed by atoms with Crippen molar-refractivity contribution in [2.45, 2.75) is 32.1 Å². The van der Waals surface area contributed by atoms with Gasteiger partial charge in [-0.2, -0.15) is 11.8 Å². The maximum Gasteiger partial charge on any atom is 0.322 e. The maximum absolute atomic E-state index is 11.3. The Hall–Kier alpha value is -1.60. The monoisotopic (exact) mass is 312 g/mol. The smallest absolute Gasteiger partial charge is 0.322 e. The first-order chi connectivity index (χ1) is 9.97. The van der Waals surface area contributed by atoms with Crippen LogP contribution < -0.4 is 5.73 Å². The number of rotatable bonds is 8. The predicted octanol–water partition coefficient (Wildman–Crippen LogP) is 2.42.